The lowest BCUT2D eigenvalue weighted by atomic mass is 10.1. The molecule has 0 aliphatic heterocycles. The highest BCUT2D eigenvalue weighted by Crippen LogP contribution is 2.33. The number of carbonyl (C=O) groups excluding carboxylic acids is 1. The van der Waals surface area contributed by atoms with E-state index in [1.807, 2.05) is 68.4 Å². The van der Waals surface area contributed by atoms with Crippen LogP contribution in [0.25, 0.3) is 22.1 Å². The first-order chi connectivity index (χ1) is 16.7. The van der Waals surface area contributed by atoms with Crippen LogP contribution in [0.1, 0.15) is 16.1 Å². The average Bonchev–Trinajstić information content (AvgIpc) is 3.19. The van der Waals surface area contributed by atoms with Crippen molar-refractivity contribution in [3.63, 3.8) is 0 Å². The van der Waals surface area contributed by atoms with Crippen molar-refractivity contribution in [2.75, 3.05) is 30.9 Å². The van der Waals surface area contributed by atoms with Crippen LogP contribution in [-0.2, 0) is 15.8 Å². The van der Waals surface area contributed by atoms with Gasteiger partial charge in [0.25, 0.3) is 5.91 Å². The molecule has 4 aromatic rings. The van der Waals surface area contributed by atoms with Crippen molar-refractivity contribution in [2.45, 2.75) is 11.8 Å². The molecule has 9 heteroatoms. The SMILES string of the molecule is Cc1c(C(=O)Nc2ccc(-c3ccc(S(=O)NCC(=O)O)cc3)cc2)oc2cccc(N(C)C)c12. The number of furan rings is 1. The predicted molar refractivity (Wildman–Crippen MR) is 137 cm³/mol. The summed E-state index contributed by atoms with van der Waals surface area (Å²) in [4.78, 5) is 26.0. The largest absolute Gasteiger partial charge is 0.480 e. The number of nitrogens with zero attached hydrogens (tertiary/aromatic N) is 1. The Morgan fingerprint density at radius 3 is 2.20 bits per heavy atom. The van der Waals surface area contributed by atoms with E-state index in [0.717, 1.165) is 27.8 Å². The summed E-state index contributed by atoms with van der Waals surface area (Å²) in [6.07, 6.45) is 0. The monoisotopic (exact) mass is 491 g/mol. The van der Waals surface area contributed by atoms with Gasteiger partial charge in [-0.05, 0) is 54.4 Å². The van der Waals surface area contributed by atoms with Crippen LogP contribution in [-0.4, -0.2) is 41.8 Å². The first kappa shape index (κ1) is 24.2. The van der Waals surface area contributed by atoms with E-state index >= 15 is 0 Å². The molecule has 1 aromatic heterocycles. The van der Waals surface area contributed by atoms with Crippen LogP contribution in [0.4, 0.5) is 11.4 Å². The maximum atomic E-state index is 12.9. The molecule has 1 heterocycles. The average molecular weight is 492 g/mol. The van der Waals surface area contributed by atoms with Gasteiger partial charge in [0.05, 0.1) is 4.90 Å². The molecule has 0 spiro atoms. The van der Waals surface area contributed by atoms with Crippen molar-refractivity contribution >= 4 is 45.2 Å². The van der Waals surface area contributed by atoms with Gasteiger partial charge in [0.1, 0.15) is 23.1 Å². The highest BCUT2D eigenvalue weighted by molar-refractivity contribution is 7.83. The molecular weight excluding hydrogens is 466 g/mol. The highest BCUT2D eigenvalue weighted by atomic mass is 32.2. The van der Waals surface area contributed by atoms with Crippen molar-refractivity contribution in [1.82, 2.24) is 4.72 Å². The number of carbonyl (C=O) groups is 2. The summed E-state index contributed by atoms with van der Waals surface area (Å²) in [5.74, 6) is -1.12. The number of carboxylic acids is 1. The summed E-state index contributed by atoms with van der Waals surface area (Å²) < 4.78 is 20.4. The number of aryl methyl sites for hydroxylation is 1. The summed E-state index contributed by atoms with van der Waals surface area (Å²) in [5.41, 5.74) is 4.87. The number of carboxylic acid groups (broad SMARTS) is 1. The van der Waals surface area contributed by atoms with Gasteiger partial charge in [-0.2, -0.15) is 0 Å². The van der Waals surface area contributed by atoms with Crippen LogP contribution in [0.15, 0.2) is 76.0 Å². The van der Waals surface area contributed by atoms with Crippen LogP contribution in [0, 0.1) is 6.92 Å². The van der Waals surface area contributed by atoms with Gasteiger partial charge in [-0.25, -0.2) is 8.93 Å². The normalized spacial score (nSPS) is 11.9. The lowest BCUT2D eigenvalue weighted by Crippen LogP contribution is -2.24. The lowest BCUT2D eigenvalue weighted by molar-refractivity contribution is -0.135. The van der Waals surface area contributed by atoms with Crippen molar-refractivity contribution in [2.24, 2.45) is 0 Å². The summed E-state index contributed by atoms with van der Waals surface area (Å²) in [6.45, 7) is 1.50. The minimum absolute atomic E-state index is 0.276. The zero-order chi connectivity index (χ0) is 25.1. The molecule has 1 amide bonds. The molecule has 3 N–H and O–H groups in total. The molecule has 0 bridgehead atoms. The van der Waals surface area contributed by atoms with Gasteiger partial charge in [-0.1, -0.05) is 30.3 Å². The number of hydrogen-bond acceptors (Lipinski definition) is 5. The minimum Gasteiger partial charge on any atom is -0.480 e. The summed E-state index contributed by atoms with van der Waals surface area (Å²) in [6, 6.07) is 20.1. The number of aliphatic carboxylic acids is 1. The fraction of sp³-hybridized carbons (Fsp3) is 0.154. The molecule has 3 aromatic carbocycles. The third-order valence-electron chi connectivity index (χ3n) is 5.52. The quantitative estimate of drug-likeness (QED) is 0.336. The second-order valence-corrected chi connectivity index (χ2v) is 9.44. The Morgan fingerprint density at radius 2 is 1.60 bits per heavy atom. The van der Waals surface area contributed by atoms with Crippen LogP contribution in [0.5, 0.6) is 0 Å². The Morgan fingerprint density at radius 1 is 0.971 bits per heavy atom. The molecule has 1 unspecified atom stereocenters. The fourth-order valence-electron chi connectivity index (χ4n) is 3.79. The molecule has 180 valence electrons. The first-order valence-electron chi connectivity index (χ1n) is 10.8. The molecule has 0 radical (unpaired) electrons. The Labute approximate surface area is 205 Å². The second kappa shape index (κ2) is 10.1. The summed E-state index contributed by atoms with van der Waals surface area (Å²) in [5, 5.41) is 12.5. The molecule has 1 atom stereocenters. The molecule has 0 aliphatic rings. The maximum absolute atomic E-state index is 12.9. The lowest BCUT2D eigenvalue weighted by Gasteiger charge is -2.13. The van der Waals surface area contributed by atoms with E-state index in [0.29, 0.717) is 16.2 Å². The number of rotatable bonds is 8. The van der Waals surface area contributed by atoms with Crippen molar-refractivity contribution in [3.05, 3.63) is 78.1 Å². The summed E-state index contributed by atoms with van der Waals surface area (Å²) in [7, 11) is 2.30. The molecule has 35 heavy (non-hydrogen) atoms. The standard InChI is InChI=1S/C26H25N3O5S/c1-16-24-21(29(2)3)5-4-6-22(24)34-25(16)26(32)28-19-11-7-17(8-12-19)18-9-13-20(14-10-18)35(33)27-15-23(30)31/h4-14,27H,15H2,1-3H3,(H,28,32)(H,30,31). The Bertz CT molecular complexity index is 1410. The van der Waals surface area contributed by atoms with Crippen LogP contribution >= 0.6 is 0 Å². The van der Waals surface area contributed by atoms with Crippen LogP contribution in [0.2, 0.25) is 0 Å². The van der Waals surface area contributed by atoms with Gasteiger partial charge in [-0.3, -0.25) is 9.59 Å². The number of amides is 1. The third-order valence-corrected chi connectivity index (χ3v) is 6.63. The number of nitrogens with one attached hydrogen (secondary N) is 2. The highest BCUT2D eigenvalue weighted by Gasteiger charge is 2.20. The van der Waals surface area contributed by atoms with Gasteiger partial charge in [0.2, 0.25) is 0 Å². The van der Waals surface area contributed by atoms with E-state index in [2.05, 4.69) is 10.0 Å². The second-order valence-electron chi connectivity index (χ2n) is 8.14. The van der Waals surface area contributed by atoms with E-state index in [-0.39, 0.29) is 18.2 Å². The fourth-order valence-corrected chi connectivity index (χ4v) is 4.59. The van der Waals surface area contributed by atoms with Crippen molar-refractivity contribution in [1.29, 1.82) is 0 Å². The number of hydrogen-bond donors (Lipinski definition) is 3. The molecular formula is C26H25N3O5S. The molecule has 4 rings (SSSR count). The van der Waals surface area contributed by atoms with Gasteiger partial charge < -0.3 is 19.7 Å². The third kappa shape index (κ3) is 5.26. The topological polar surface area (TPSA) is 112 Å². The first-order valence-corrected chi connectivity index (χ1v) is 12.0. The number of anilines is 2. The van der Waals surface area contributed by atoms with E-state index < -0.39 is 17.0 Å². The van der Waals surface area contributed by atoms with E-state index in [1.54, 1.807) is 24.3 Å². The van der Waals surface area contributed by atoms with Gasteiger partial charge in [0.15, 0.2) is 5.76 Å². The van der Waals surface area contributed by atoms with Gasteiger partial charge in [0, 0.05) is 36.4 Å². The molecule has 0 saturated heterocycles. The zero-order valence-corrected chi connectivity index (χ0v) is 20.3. The smallest absolute Gasteiger partial charge is 0.318 e. The minimum atomic E-state index is -1.60. The maximum Gasteiger partial charge on any atom is 0.318 e. The Kier molecular flexibility index (Phi) is 6.99. The van der Waals surface area contributed by atoms with E-state index in [9.17, 15) is 13.8 Å². The van der Waals surface area contributed by atoms with Crippen LogP contribution < -0.4 is 14.9 Å². The van der Waals surface area contributed by atoms with E-state index in [4.69, 9.17) is 9.52 Å². The zero-order valence-electron chi connectivity index (χ0n) is 19.5. The molecule has 0 fully saturated rings. The van der Waals surface area contributed by atoms with Crippen LogP contribution in [0.3, 0.4) is 0 Å². The Hall–Kier alpha value is -3.95. The van der Waals surface area contributed by atoms with Crippen molar-refractivity contribution < 1.29 is 23.3 Å². The van der Waals surface area contributed by atoms with Crippen molar-refractivity contribution in [3.8, 4) is 11.1 Å². The Balaban J connectivity index is 1.48. The summed E-state index contributed by atoms with van der Waals surface area (Å²) >= 11 is 0. The number of benzene rings is 3. The molecule has 8 nitrogen and oxygen atoms in total. The van der Waals surface area contributed by atoms with Gasteiger partial charge in [-0.15, -0.1) is 0 Å². The molecule has 0 aliphatic carbocycles. The van der Waals surface area contributed by atoms with Gasteiger partial charge >= 0.3 is 5.97 Å². The van der Waals surface area contributed by atoms with E-state index in [1.165, 1.54) is 0 Å². The predicted octanol–water partition coefficient (Wildman–Crippen LogP) is 4.42. The number of fused-ring (bicyclic) bond motifs is 1. The molecule has 0 saturated carbocycles.